The van der Waals surface area contributed by atoms with Gasteiger partial charge < -0.3 is 4.90 Å². The van der Waals surface area contributed by atoms with E-state index in [2.05, 4.69) is 38.8 Å². The zero-order chi connectivity index (χ0) is 9.97. The number of pyridine rings is 1. The molecule has 0 radical (unpaired) electrons. The van der Waals surface area contributed by atoms with E-state index in [-0.39, 0.29) is 0 Å². The van der Waals surface area contributed by atoms with Crippen LogP contribution < -0.4 is 4.90 Å². The molecule has 3 heteroatoms. The van der Waals surface area contributed by atoms with Crippen molar-refractivity contribution in [1.82, 2.24) is 4.98 Å². The van der Waals surface area contributed by atoms with Crippen LogP contribution in [0.2, 0.25) is 0 Å². The average molecular weight is 255 g/mol. The van der Waals surface area contributed by atoms with Crippen molar-refractivity contribution in [1.29, 1.82) is 0 Å². The first-order valence-corrected chi connectivity index (χ1v) is 5.95. The average Bonchev–Trinajstić information content (AvgIpc) is 2.18. The molecule has 1 aromatic heterocycles. The Labute approximate surface area is 93.5 Å². The number of hydrogen-bond acceptors (Lipinski definition) is 2. The maximum Gasteiger partial charge on any atom is 0.129 e. The van der Waals surface area contributed by atoms with E-state index in [1.54, 1.807) is 0 Å². The van der Waals surface area contributed by atoms with Gasteiger partial charge in [-0.25, -0.2) is 4.98 Å². The van der Waals surface area contributed by atoms with Crippen LogP contribution in [0.3, 0.4) is 0 Å². The Morgan fingerprint density at radius 3 is 3.07 bits per heavy atom. The molecule has 2 heterocycles. The van der Waals surface area contributed by atoms with Crippen molar-refractivity contribution < 1.29 is 0 Å². The molecule has 0 saturated carbocycles. The minimum Gasteiger partial charge on any atom is -0.354 e. The summed E-state index contributed by atoms with van der Waals surface area (Å²) in [4.78, 5) is 6.81. The van der Waals surface area contributed by atoms with Crippen molar-refractivity contribution >= 4 is 21.7 Å². The minimum absolute atomic E-state index is 0.630. The SMILES string of the molecule is CC1CCCCN1c1cc(Br)ccn1. The number of anilines is 1. The standard InChI is InChI=1S/C11H15BrN2/c1-9-4-2-3-7-14(9)11-8-10(12)5-6-13-11/h5-6,8-9H,2-4,7H2,1H3. The summed E-state index contributed by atoms with van der Waals surface area (Å²) >= 11 is 3.48. The summed E-state index contributed by atoms with van der Waals surface area (Å²) in [7, 11) is 0. The van der Waals surface area contributed by atoms with Crippen LogP contribution in [0.4, 0.5) is 5.82 Å². The number of piperidine rings is 1. The molecule has 0 N–H and O–H groups in total. The van der Waals surface area contributed by atoms with Crippen LogP contribution in [0.1, 0.15) is 26.2 Å². The lowest BCUT2D eigenvalue weighted by Crippen LogP contribution is -2.37. The summed E-state index contributed by atoms with van der Waals surface area (Å²) in [6.45, 7) is 3.42. The van der Waals surface area contributed by atoms with Crippen LogP contribution in [0.15, 0.2) is 22.8 Å². The van der Waals surface area contributed by atoms with Gasteiger partial charge in [-0.3, -0.25) is 0 Å². The molecule has 0 amide bonds. The lowest BCUT2D eigenvalue weighted by Gasteiger charge is -2.34. The lowest BCUT2D eigenvalue weighted by molar-refractivity contribution is 0.481. The Morgan fingerprint density at radius 1 is 1.50 bits per heavy atom. The Kier molecular flexibility index (Phi) is 3.06. The third-order valence-electron chi connectivity index (χ3n) is 2.80. The van der Waals surface area contributed by atoms with Gasteiger partial charge in [0.1, 0.15) is 5.82 Å². The van der Waals surface area contributed by atoms with Crippen LogP contribution in [0.5, 0.6) is 0 Å². The van der Waals surface area contributed by atoms with Gasteiger partial charge in [-0.1, -0.05) is 15.9 Å². The van der Waals surface area contributed by atoms with Gasteiger partial charge in [0.15, 0.2) is 0 Å². The fourth-order valence-electron chi connectivity index (χ4n) is 1.99. The van der Waals surface area contributed by atoms with Crippen molar-refractivity contribution in [3.8, 4) is 0 Å². The molecule has 0 spiro atoms. The highest BCUT2D eigenvalue weighted by molar-refractivity contribution is 9.10. The Balaban J connectivity index is 2.20. The Hall–Kier alpha value is -0.570. The maximum atomic E-state index is 4.41. The van der Waals surface area contributed by atoms with Crippen LogP contribution in [0, 0.1) is 0 Å². The molecule has 14 heavy (non-hydrogen) atoms. The predicted molar refractivity (Wildman–Crippen MR) is 62.6 cm³/mol. The first-order chi connectivity index (χ1) is 6.77. The van der Waals surface area contributed by atoms with Crippen molar-refractivity contribution in [3.05, 3.63) is 22.8 Å². The molecule has 76 valence electrons. The van der Waals surface area contributed by atoms with Gasteiger partial charge in [-0.05, 0) is 38.3 Å². The van der Waals surface area contributed by atoms with Crippen molar-refractivity contribution in [2.24, 2.45) is 0 Å². The Bertz CT molecular complexity index is 314. The molecule has 0 bridgehead atoms. The smallest absolute Gasteiger partial charge is 0.129 e. The zero-order valence-corrected chi connectivity index (χ0v) is 10.00. The van der Waals surface area contributed by atoms with E-state index in [4.69, 9.17) is 0 Å². The summed E-state index contributed by atoms with van der Waals surface area (Å²) in [5.74, 6) is 1.10. The first kappa shape index (κ1) is 9.97. The molecule has 0 aliphatic carbocycles. The second kappa shape index (κ2) is 4.30. The van der Waals surface area contributed by atoms with E-state index in [9.17, 15) is 0 Å². The third kappa shape index (κ3) is 2.08. The van der Waals surface area contributed by atoms with E-state index in [0.29, 0.717) is 6.04 Å². The molecular formula is C11H15BrN2. The molecule has 1 aromatic rings. The van der Waals surface area contributed by atoms with Gasteiger partial charge >= 0.3 is 0 Å². The fourth-order valence-corrected chi connectivity index (χ4v) is 2.31. The normalized spacial score (nSPS) is 22.4. The Morgan fingerprint density at radius 2 is 2.36 bits per heavy atom. The molecule has 2 nitrogen and oxygen atoms in total. The molecular weight excluding hydrogens is 240 g/mol. The lowest BCUT2D eigenvalue weighted by atomic mass is 10.0. The number of hydrogen-bond donors (Lipinski definition) is 0. The van der Waals surface area contributed by atoms with E-state index in [1.807, 2.05) is 12.3 Å². The maximum absolute atomic E-state index is 4.41. The van der Waals surface area contributed by atoms with Gasteiger partial charge in [0, 0.05) is 23.3 Å². The molecule has 1 saturated heterocycles. The zero-order valence-electron chi connectivity index (χ0n) is 8.41. The summed E-state index contributed by atoms with van der Waals surface area (Å²) in [6, 6.07) is 4.70. The van der Waals surface area contributed by atoms with Gasteiger partial charge in [-0.15, -0.1) is 0 Å². The number of nitrogens with zero attached hydrogens (tertiary/aromatic N) is 2. The molecule has 1 aliphatic rings. The van der Waals surface area contributed by atoms with Crippen molar-refractivity contribution in [2.75, 3.05) is 11.4 Å². The summed E-state index contributed by atoms with van der Waals surface area (Å²) in [5, 5.41) is 0. The van der Waals surface area contributed by atoms with Gasteiger partial charge in [-0.2, -0.15) is 0 Å². The summed E-state index contributed by atoms with van der Waals surface area (Å²) < 4.78 is 1.11. The van der Waals surface area contributed by atoms with Crippen LogP contribution in [0.25, 0.3) is 0 Å². The first-order valence-electron chi connectivity index (χ1n) is 5.15. The highest BCUT2D eigenvalue weighted by Gasteiger charge is 2.19. The topological polar surface area (TPSA) is 16.1 Å². The van der Waals surface area contributed by atoms with Gasteiger partial charge in [0.2, 0.25) is 0 Å². The summed E-state index contributed by atoms with van der Waals surface area (Å²) in [6.07, 6.45) is 5.79. The summed E-state index contributed by atoms with van der Waals surface area (Å²) in [5.41, 5.74) is 0. The highest BCUT2D eigenvalue weighted by atomic mass is 79.9. The monoisotopic (exact) mass is 254 g/mol. The van der Waals surface area contributed by atoms with E-state index >= 15 is 0 Å². The quantitative estimate of drug-likeness (QED) is 0.765. The van der Waals surface area contributed by atoms with Crippen molar-refractivity contribution in [3.63, 3.8) is 0 Å². The van der Waals surface area contributed by atoms with Gasteiger partial charge in [0.05, 0.1) is 0 Å². The molecule has 1 fully saturated rings. The van der Waals surface area contributed by atoms with Crippen LogP contribution in [-0.4, -0.2) is 17.6 Å². The second-order valence-corrected chi connectivity index (χ2v) is 4.79. The van der Waals surface area contributed by atoms with Crippen molar-refractivity contribution in [2.45, 2.75) is 32.2 Å². The molecule has 1 atom stereocenters. The second-order valence-electron chi connectivity index (χ2n) is 3.87. The molecule has 0 aromatic carbocycles. The number of rotatable bonds is 1. The predicted octanol–water partition coefficient (Wildman–Crippen LogP) is 3.22. The third-order valence-corrected chi connectivity index (χ3v) is 3.30. The number of halogens is 1. The molecule has 2 rings (SSSR count). The largest absolute Gasteiger partial charge is 0.354 e. The van der Waals surface area contributed by atoms with Gasteiger partial charge in [0.25, 0.3) is 0 Å². The van der Waals surface area contributed by atoms with E-state index in [0.717, 1.165) is 16.8 Å². The van der Waals surface area contributed by atoms with E-state index in [1.165, 1.54) is 19.3 Å². The van der Waals surface area contributed by atoms with E-state index < -0.39 is 0 Å². The van der Waals surface area contributed by atoms with Crippen LogP contribution in [-0.2, 0) is 0 Å². The minimum atomic E-state index is 0.630. The van der Waals surface area contributed by atoms with Crippen LogP contribution >= 0.6 is 15.9 Å². The number of aromatic nitrogens is 1. The fraction of sp³-hybridized carbons (Fsp3) is 0.545. The molecule has 1 unspecified atom stereocenters. The highest BCUT2D eigenvalue weighted by Crippen LogP contribution is 2.24. The molecule has 1 aliphatic heterocycles.